The van der Waals surface area contributed by atoms with Gasteiger partial charge in [0.25, 0.3) is 0 Å². The monoisotopic (exact) mass is 467 g/mol. The molecule has 4 aliphatic rings. The molecule has 1 saturated heterocycles. The van der Waals surface area contributed by atoms with Crippen LogP contribution in [0.15, 0.2) is 28.3 Å². The van der Waals surface area contributed by atoms with E-state index in [4.69, 9.17) is 9.73 Å². The Hall–Kier alpha value is -1.55. The third-order valence-electron chi connectivity index (χ3n) is 8.78. The summed E-state index contributed by atoms with van der Waals surface area (Å²) in [4.78, 5) is 28.8. The molecule has 4 nitrogen and oxygen atoms in total. The second-order valence-corrected chi connectivity index (χ2v) is 11.4. The van der Waals surface area contributed by atoms with Gasteiger partial charge in [-0.15, -0.1) is 0 Å². The van der Waals surface area contributed by atoms with Crippen molar-refractivity contribution in [3.05, 3.63) is 23.3 Å². The van der Waals surface area contributed by atoms with Crippen molar-refractivity contribution in [3.63, 3.8) is 0 Å². The standard InChI is InChI=1S/C30H45NO3/c1-22(19-23-9-11-24(12-10-23)25-15-17-34-18-16-25)20-31-30-27(13-14-28(30)21-32)5-2-3-8-29(33)26-6-4-7-26/h9,11,21-22,25-28H,2-8,10,12-20H2,1H3. The molecule has 34 heavy (non-hydrogen) atoms. The van der Waals surface area contributed by atoms with E-state index >= 15 is 0 Å². The quantitative estimate of drug-likeness (QED) is 0.237. The molecule has 0 radical (unpaired) electrons. The van der Waals surface area contributed by atoms with Crippen molar-refractivity contribution in [2.45, 2.75) is 96.8 Å². The lowest BCUT2D eigenvalue weighted by Gasteiger charge is -2.27. The van der Waals surface area contributed by atoms with Gasteiger partial charge >= 0.3 is 0 Å². The van der Waals surface area contributed by atoms with Gasteiger partial charge in [0.15, 0.2) is 0 Å². The number of Topliss-reactive ketones (excluding diaryl/α,β-unsaturated/α-hetero) is 1. The Bertz CT molecular complexity index is 785. The molecule has 0 N–H and O–H groups in total. The lowest BCUT2D eigenvalue weighted by atomic mass is 9.80. The minimum atomic E-state index is 0.0210. The Morgan fingerprint density at radius 1 is 1.09 bits per heavy atom. The second kappa shape index (κ2) is 13.0. The van der Waals surface area contributed by atoms with Gasteiger partial charge in [-0.1, -0.05) is 43.1 Å². The van der Waals surface area contributed by atoms with Gasteiger partial charge in [-0.25, -0.2) is 0 Å². The van der Waals surface area contributed by atoms with Crippen molar-refractivity contribution in [2.75, 3.05) is 19.8 Å². The Kier molecular flexibility index (Phi) is 9.73. The van der Waals surface area contributed by atoms with Crippen LogP contribution in [0, 0.1) is 29.6 Å². The summed E-state index contributed by atoms with van der Waals surface area (Å²) in [5.41, 5.74) is 4.33. The highest BCUT2D eigenvalue weighted by molar-refractivity contribution is 6.00. The first-order valence-electron chi connectivity index (χ1n) is 14.1. The maximum absolute atomic E-state index is 12.1. The fourth-order valence-corrected chi connectivity index (χ4v) is 6.33. The Labute approximate surface area is 206 Å². The highest BCUT2D eigenvalue weighted by Crippen LogP contribution is 2.34. The zero-order valence-corrected chi connectivity index (χ0v) is 21.3. The number of rotatable bonds is 12. The Morgan fingerprint density at radius 2 is 1.91 bits per heavy atom. The van der Waals surface area contributed by atoms with Gasteiger partial charge in [-0.3, -0.25) is 9.79 Å². The fourth-order valence-electron chi connectivity index (χ4n) is 6.33. The molecule has 3 atom stereocenters. The van der Waals surface area contributed by atoms with Crippen LogP contribution in [-0.2, 0) is 14.3 Å². The van der Waals surface area contributed by atoms with Crippen molar-refractivity contribution < 1.29 is 14.3 Å². The van der Waals surface area contributed by atoms with Crippen LogP contribution in [0.2, 0.25) is 0 Å². The molecular formula is C30H45NO3. The number of allylic oxidation sites excluding steroid dienone is 4. The Balaban J connectivity index is 1.22. The number of aliphatic imine (C=N–C) groups is 1. The first-order valence-corrected chi connectivity index (χ1v) is 14.1. The number of hydrogen-bond acceptors (Lipinski definition) is 4. The third kappa shape index (κ3) is 6.99. The van der Waals surface area contributed by atoms with E-state index in [1.807, 2.05) is 0 Å². The van der Waals surface area contributed by atoms with Gasteiger partial charge in [0.05, 0.1) is 5.92 Å². The normalized spacial score (nSPS) is 28.3. The molecule has 3 fully saturated rings. The molecule has 4 heteroatoms. The SMILES string of the molecule is CC(CN=C1C(C=O)CCC1CCCCC(=O)C1CCC1)CC1=CC=C(C2CCOCC2)CC1. The van der Waals surface area contributed by atoms with Crippen LogP contribution >= 0.6 is 0 Å². The molecule has 0 bridgehead atoms. The van der Waals surface area contributed by atoms with Crippen LogP contribution in [0.25, 0.3) is 0 Å². The van der Waals surface area contributed by atoms with E-state index in [1.165, 1.54) is 32.1 Å². The lowest BCUT2D eigenvalue weighted by molar-refractivity contribution is -0.125. The number of unbranched alkanes of at least 4 members (excludes halogenated alkanes) is 1. The molecule has 0 amide bonds. The van der Waals surface area contributed by atoms with Crippen LogP contribution in [0.1, 0.15) is 96.8 Å². The zero-order chi connectivity index (χ0) is 23.8. The molecule has 0 aromatic carbocycles. The minimum Gasteiger partial charge on any atom is -0.381 e. The van der Waals surface area contributed by atoms with Crippen molar-refractivity contribution in [1.29, 1.82) is 0 Å². The van der Waals surface area contributed by atoms with Gasteiger partial charge in [0, 0.05) is 37.8 Å². The predicted octanol–water partition coefficient (Wildman–Crippen LogP) is 6.68. The number of ketones is 1. The average molecular weight is 468 g/mol. The molecule has 1 heterocycles. The van der Waals surface area contributed by atoms with E-state index in [9.17, 15) is 9.59 Å². The summed E-state index contributed by atoms with van der Waals surface area (Å²) in [6.07, 6.45) is 21.1. The van der Waals surface area contributed by atoms with Crippen molar-refractivity contribution >= 4 is 17.8 Å². The summed E-state index contributed by atoms with van der Waals surface area (Å²) in [6, 6.07) is 0. The van der Waals surface area contributed by atoms with Crippen molar-refractivity contribution in [2.24, 2.45) is 34.6 Å². The predicted molar refractivity (Wildman–Crippen MR) is 138 cm³/mol. The highest BCUT2D eigenvalue weighted by Gasteiger charge is 2.31. The summed E-state index contributed by atoms with van der Waals surface area (Å²) in [7, 11) is 0. The van der Waals surface area contributed by atoms with Crippen LogP contribution < -0.4 is 0 Å². The smallest absolute Gasteiger partial charge is 0.135 e. The lowest BCUT2D eigenvalue weighted by Crippen LogP contribution is -2.21. The topological polar surface area (TPSA) is 55.7 Å². The molecule has 4 rings (SSSR count). The molecular weight excluding hydrogens is 422 g/mol. The molecule has 0 spiro atoms. The van der Waals surface area contributed by atoms with E-state index in [-0.39, 0.29) is 5.92 Å². The summed E-state index contributed by atoms with van der Waals surface area (Å²) in [6.45, 7) is 4.95. The average Bonchev–Trinajstić information content (AvgIpc) is 3.22. The molecule has 0 aromatic heterocycles. The van der Waals surface area contributed by atoms with Crippen LogP contribution in [-0.4, -0.2) is 37.5 Å². The van der Waals surface area contributed by atoms with Gasteiger partial charge in [-0.2, -0.15) is 0 Å². The number of carbonyl (C=O) groups excluding carboxylic acids is 2. The van der Waals surface area contributed by atoms with Crippen LogP contribution in [0.3, 0.4) is 0 Å². The van der Waals surface area contributed by atoms with Gasteiger partial charge in [-0.05, 0) is 88.4 Å². The summed E-state index contributed by atoms with van der Waals surface area (Å²) >= 11 is 0. The van der Waals surface area contributed by atoms with E-state index in [2.05, 4.69) is 19.1 Å². The fraction of sp³-hybridized carbons (Fsp3) is 0.767. The molecule has 3 unspecified atom stereocenters. The van der Waals surface area contributed by atoms with Gasteiger partial charge in [0.2, 0.25) is 0 Å². The minimum absolute atomic E-state index is 0.0210. The van der Waals surface area contributed by atoms with Gasteiger partial charge in [0.1, 0.15) is 12.1 Å². The number of nitrogens with zero attached hydrogens (tertiary/aromatic N) is 1. The summed E-state index contributed by atoms with van der Waals surface area (Å²) in [5, 5.41) is 0. The number of ether oxygens (including phenoxy) is 1. The number of carbonyl (C=O) groups is 2. The van der Waals surface area contributed by atoms with E-state index in [0.717, 1.165) is 95.5 Å². The van der Waals surface area contributed by atoms with Crippen molar-refractivity contribution in [3.8, 4) is 0 Å². The number of hydrogen-bond donors (Lipinski definition) is 0. The molecule has 188 valence electrons. The van der Waals surface area contributed by atoms with E-state index in [1.54, 1.807) is 11.1 Å². The number of aldehydes is 1. The second-order valence-electron chi connectivity index (χ2n) is 11.4. The van der Waals surface area contributed by atoms with Gasteiger partial charge < -0.3 is 9.53 Å². The van der Waals surface area contributed by atoms with E-state index < -0.39 is 0 Å². The summed E-state index contributed by atoms with van der Waals surface area (Å²) < 4.78 is 5.52. The van der Waals surface area contributed by atoms with Crippen molar-refractivity contribution in [1.82, 2.24) is 0 Å². The molecule has 0 aromatic rings. The highest BCUT2D eigenvalue weighted by atomic mass is 16.5. The molecule has 3 aliphatic carbocycles. The first kappa shape index (κ1) is 25.5. The largest absolute Gasteiger partial charge is 0.381 e. The van der Waals surface area contributed by atoms with Crippen LogP contribution in [0.4, 0.5) is 0 Å². The van der Waals surface area contributed by atoms with Crippen LogP contribution in [0.5, 0.6) is 0 Å². The maximum atomic E-state index is 12.1. The third-order valence-corrected chi connectivity index (χ3v) is 8.78. The molecule has 1 aliphatic heterocycles. The maximum Gasteiger partial charge on any atom is 0.135 e. The first-order chi connectivity index (χ1) is 16.6. The zero-order valence-electron chi connectivity index (χ0n) is 21.3. The molecule has 2 saturated carbocycles. The Morgan fingerprint density at radius 3 is 2.59 bits per heavy atom. The summed E-state index contributed by atoms with van der Waals surface area (Å²) in [5.74, 6) is 2.55. The van der Waals surface area contributed by atoms with E-state index in [0.29, 0.717) is 23.5 Å².